The van der Waals surface area contributed by atoms with E-state index >= 15 is 0 Å². The Morgan fingerprint density at radius 1 is 0.981 bits per heavy atom. The van der Waals surface area contributed by atoms with Gasteiger partial charge in [0.2, 0.25) is 5.91 Å². The molecule has 1 amide bonds. The van der Waals surface area contributed by atoms with E-state index in [1.165, 1.54) is 13.5 Å². The molecule has 1 saturated carbocycles. The summed E-state index contributed by atoms with van der Waals surface area (Å²) in [5.74, 6) is -0.646. The number of rotatable bonds is 22. The number of methoxy groups -OCH3 is 1. The van der Waals surface area contributed by atoms with E-state index in [1.54, 1.807) is 0 Å². The largest absolute Gasteiger partial charge is 0.467 e. The van der Waals surface area contributed by atoms with Gasteiger partial charge in [-0.25, -0.2) is 4.79 Å². The van der Waals surface area contributed by atoms with E-state index in [0.29, 0.717) is 44.6 Å². The highest BCUT2D eigenvalue weighted by Gasteiger charge is 2.44. The Hall–Kier alpha value is -2.63. The molecule has 0 bridgehead atoms. The van der Waals surface area contributed by atoms with E-state index < -0.39 is 18.1 Å². The van der Waals surface area contributed by atoms with Crippen LogP contribution in [0.25, 0.3) is 0 Å². The number of benzene rings is 1. The summed E-state index contributed by atoms with van der Waals surface area (Å²) < 4.78 is 29.8. The average Bonchev–Trinajstić information content (AvgIpc) is 3.44. The Morgan fingerprint density at radius 3 is 2.37 bits per heavy atom. The minimum absolute atomic E-state index is 0.0607. The molecule has 0 aromatic heterocycles. The normalized spacial score (nSPS) is 26.8. The minimum atomic E-state index is -0.774. The number of ether oxygens (including phenoxy) is 5. The third kappa shape index (κ3) is 14.7. The van der Waals surface area contributed by atoms with E-state index in [4.69, 9.17) is 23.7 Å². The summed E-state index contributed by atoms with van der Waals surface area (Å²) in [6.45, 7) is 5.88. The number of hydrogen-bond donors (Lipinski definition) is 2. The number of carbonyl (C=O) groups is 3. The molecule has 3 aliphatic rings. The molecule has 2 saturated heterocycles. The monoisotopic (exact) mass is 727 g/mol. The molecule has 2 N–H and O–H groups in total. The van der Waals surface area contributed by atoms with E-state index in [-0.39, 0.29) is 61.2 Å². The number of hydrogen-bond acceptors (Lipinski definition) is 9. The maximum absolute atomic E-state index is 13.4. The van der Waals surface area contributed by atoms with Crippen LogP contribution in [0, 0.1) is 17.8 Å². The Kier molecular flexibility index (Phi) is 18.8. The number of unbranched alkanes of at least 4 members (excludes halogenated alkanes) is 2. The smallest absolute Gasteiger partial charge is 0.328 e. The number of esters is 1. The van der Waals surface area contributed by atoms with Crippen LogP contribution in [-0.2, 0) is 44.5 Å². The molecule has 10 heteroatoms. The second-order valence-corrected chi connectivity index (χ2v) is 15.1. The first-order valence-corrected chi connectivity index (χ1v) is 20.1. The van der Waals surface area contributed by atoms with Gasteiger partial charge >= 0.3 is 5.97 Å². The van der Waals surface area contributed by atoms with Gasteiger partial charge in [0.15, 0.2) is 12.6 Å². The molecule has 4 rings (SSSR count). The van der Waals surface area contributed by atoms with Crippen molar-refractivity contribution in [2.45, 2.75) is 160 Å². The molecule has 1 aromatic rings. The Balaban J connectivity index is 1.34. The molecule has 292 valence electrons. The molecule has 9 atom stereocenters. The molecule has 10 nitrogen and oxygen atoms in total. The number of carbonyl (C=O) groups excluding carboxylic acids is 3. The highest BCUT2D eigenvalue weighted by molar-refractivity contribution is 5.84. The third-order valence-electron chi connectivity index (χ3n) is 10.7. The predicted molar refractivity (Wildman–Crippen MR) is 199 cm³/mol. The van der Waals surface area contributed by atoms with E-state index in [0.717, 1.165) is 70.0 Å². The lowest BCUT2D eigenvalue weighted by Crippen LogP contribution is -2.43. The van der Waals surface area contributed by atoms with Gasteiger partial charge in [-0.2, -0.15) is 0 Å². The van der Waals surface area contributed by atoms with E-state index in [1.807, 2.05) is 30.3 Å². The fourth-order valence-corrected chi connectivity index (χ4v) is 7.74. The van der Waals surface area contributed by atoms with Crippen LogP contribution in [0.4, 0.5) is 0 Å². The maximum atomic E-state index is 13.4. The maximum Gasteiger partial charge on any atom is 0.328 e. The standard InChI is InChI=1S/C42H65NO9/c1-4-5-15-30(2)26-33(51-40-20-11-13-24-49-40)22-23-34-35(37(45)29-38(34)52-41-21-12-14-25-50-41)28-32(44)18-9-10-19-39(46)43-36(42(47)48-3)27-31-16-7-6-8-17-31/h6-8,16-17,22-23,30,33-38,40-41,45H,4-5,9-15,18-21,24-29H2,1-3H3,(H,43,46)/t30-,33-,34+,35+,36-,37-,38+,40?,41?/m0/s1. The van der Waals surface area contributed by atoms with Crippen LogP contribution < -0.4 is 5.32 Å². The van der Waals surface area contributed by atoms with Crippen LogP contribution in [0.15, 0.2) is 42.5 Å². The van der Waals surface area contributed by atoms with Crippen molar-refractivity contribution in [3.05, 3.63) is 48.0 Å². The minimum Gasteiger partial charge on any atom is -0.467 e. The number of aliphatic hydroxyl groups excluding tert-OH is 1. The summed E-state index contributed by atoms with van der Waals surface area (Å²) >= 11 is 0. The summed E-state index contributed by atoms with van der Waals surface area (Å²) in [5.41, 5.74) is 0.924. The van der Waals surface area contributed by atoms with Crippen molar-refractivity contribution in [1.82, 2.24) is 5.32 Å². The number of ketones is 1. The van der Waals surface area contributed by atoms with Crippen LogP contribution in [0.1, 0.15) is 122 Å². The van der Waals surface area contributed by atoms with Crippen LogP contribution in [0.3, 0.4) is 0 Å². The molecule has 1 aliphatic carbocycles. The molecule has 2 heterocycles. The molecular formula is C42H65NO9. The first-order chi connectivity index (χ1) is 25.2. The molecular weight excluding hydrogens is 662 g/mol. The first kappa shape index (κ1) is 42.1. The van der Waals surface area contributed by atoms with Gasteiger partial charge in [-0.15, -0.1) is 0 Å². The van der Waals surface area contributed by atoms with Crippen molar-refractivity contribution in [3.8, 4) is 0 Å². The van der Waals surface area contributed by atoms with Gasteiger partial charge in [0.05, 0.1) is 25.4 Å². The van der Waals surface area contributed by atoms with Crippen LogP contribution in [0.2, 0.25) is 0 Å². The van der Waals surface area contributed by atoms with Crippen LogP contribution in [0.5, 0.6) is 0 Å². The highest BCUT2D eigenvalue weighted by atomic mass is 16.7. The van der Waals surface area contributed by atoms with Crippen molar-refractivity contribution < 1.29 is 43.2 Å². The van der Waals surface area contributed by atoms with Gasteiger partial charge < -0.3 is 34.1 Å². The van der Waals surface area contributed by atoms with Gasteiger partial charge in [-0.1, -0.05) is 75.6 Å². The van der Waals surface area contributed by atoms with Crippen LogP contribution >= 0.6 is 0 Å². The molecule has 2 unspecified atom stereocenters. The highest BCUT2D eigenvalue weighted by Crippen LogP contribution is 2.40. The summed E-state index contributed by atoms with van der Waals surface area (Å²) in [5, 5.41) is 14.1. The van der Waals surface area contributed by atoms with Crippen molar-refractivity contribution in [1.29, 1.82) is 0 Å². The van der Waals surface area contributed by atoms with Gasteiger partial charge in [0.25, 0.3) is 0 Å². The molecule has 0 spiro atoms. The third-order valence-corrected chi connectivity index (χ3v) is 10.7. The Bertz CT molecular complexity index is 1210. The Labute approximate surface area is 311 Å². The van der Waals surface area contributed by atoms with Crippen molar-refractivity contribution in [2.75, 3.05) is 20.3 Å². The zero-order valence-corrected chi connectivity index (χ0v) is 31.9. The zero-order chi connectivity index (χ0) is 37.1. The lowest BCUT2D eigenvalue weighted by atomic mass is 9.87. The first-order valence-electron chi connectivity index (χ1n) is 20.1. The van der Waals surface area contributed by atoms with E-state index in [9.17, 15) is 19.5 Å². The summed E-state index contributed by atoms with van der Waals surface area (Å²) in [7, 11) is 1.31. The molecule has 3 fully saturated rings. The number of Topliss-reactive ketones (excluding diaryl/α,β-unsaturated/α-hetero) is 1. The van der Waals surface area contributed by atoms with E-state index in [2.05, 4.69) is 31.3 Å². The molecule has 52 heavy (non-hydrogen) atoms. The van der Waals surface area contributed by atoms with Crippen molar-refractivity contribution in [3.63, 3.8) is 0 Å². The fourth-order valence-electron chi connectivity index (χ4n) is 7.74. The van der Waals surface area contributed by atoms with Crippen LogP contribution in [-0.4, -0.2) is 80.0 Å². The topological polar surface area (TPSA) is 130 Å². The SMILES string of the molecule is CCCC[C@H](C)C[C@H](C=C[C@@H]1[C@@H](CC(=O)CCCCC(=O)N[C@@H](Cc2ccccc2)C(=O)OC)[C@@H](O)C[C@H]1OC1CCCCO1)OC1CCCCO1. The average molecular weight is 728 g/mol. The molecule has 0 radical (unpaired) electrons. The Morgan fingerprint density at radius 2 is 1.69 bits per heavy atom. The number of nitrogens with one attached hydrogen (secondary N) is 1. The van der Waals surface area contributed by atoms with Gasteiger partial charge in [0, 0.05) is 57.2 Å². The lowest BCUT2D eigenvalue weighted by Gasteiger charge is -2.30. The zero-order valence-electron chi connectivity index (χ0n) is 31.9. The van der Waals surface area contributed by atoms with Gasteiger partial charge in [-0.3, -0.25) is 9.59 Å². The van der Waals surface area contributed by atoms with Gasteiger partial charge in [-0.05, 0) is 69.3 Å². The molecule has 2 aliphatic heterocycles. The number of aliphatic hydroxyl groups is 1. The fraction of sp³-hybridized carbons (Fsp3) is 0.738. The predicted octanol–water partition coefficient (Wildman–Crippen LogP) is 7.00. The van der Waals surface area contributed by atoms with Crippen molar-refractivity contribution >= 4 is 17.7 Å². The summed E-state index contributed by atoms with van der Waals surface area (Å²) in [6, 6.07) is 8.71. The second-order valence-electron chi connectivity index (χ2n) is 15.1. The summed E-state index contributed by atoms with van der Waals surface area (Å²) in [6.07, 6.45) is 15.6. The number of amides is 1. The second kappa shape index (κ2) is 23.2. The summed E-state index contributed by atoms with van der Waals surface area (Å²) in [4.78, 5) is 38.5. The molecule has 1 aromatic carbocycles. The quantitative estimate of drug-likeness (QED) is 0.0737. The lowest BCUT2D eigenvalue weighted by molar-refractivity contribution is -0.193. The van der Waals surface area contributed by atoms with Gasteiger partial charge in [0.1, 0.15) is 11.8 Å². The van der Waals surface area contributed by atoms with Crippen molar-refractivity contribution in [2.24, 2.45) is 17.8 Å².